The molecule has 0 atom stereocenters. The third kappa shape index (κ3) is 9.91. The second kappa shape index (κ2) is 18.0. The van der Waals surface area contributed by atoms with Gasteiger partial charge >= 0.3 is 12.7 Å². The van der Waals surface area contributed by atoms with Crippen LogP contribution in [0.5, 0.6) is 23.0 Å². The topological polar surface area (TPSA) is 181 Å². The minimum absolute atomic E-state index is 0.269. The molecule has 0 saturated heterocycles. The van der Waals surface area contributed by atoms with E-state index in [1.54, 1.807) is 47.5 Å². The first-order chi connectivity index (χ1) is 30.4. The molecule has 0 saturated carbocycles. The molecule has 8 rings (SSSR count). The van der Waals surface area contributed by atoms with Crippen LogP contribution in [-0.4, -0.2) is 80.9 Å². The molecule has 4 N–H and O–H groups in total. The van der Waals surface area contributed by atoms with Crippen LogP contribution in [0.2, 0.25) is 0 Å². The summed E-state index contributed by atoms with van der Waals surface area (Å²) in [6, 6.07) is 14.6. The molecule has 24 heteroatoms. The number of aromatic nitrogens is 6. The van der Waals surface area contributed by atoms with Gasteiger partial charge in [-0.05, 0) is 50.2 Å². The second-order valence-electron chi connectivity index (χ2n) is 13.4. The van der Waals surface area contributed by atoms with Gasteiger partial charge in [0.2, 0.25) is 11.9 Å². The molecule has 336 valence electrons. The number of aryl methyl sites for hydroxylation is 2. The molecule has 0 fully saturated rings. The van der Waals surface area contributed by atoms with Crippen LogP contribution >= 0.6 is 22.7 Å². The molecular weight excluding hydrogens is 895 g/mol. The lowest BCUT2D eigenvalue weighted by molar-refractivity contribution is -0.275. The van der Waals surface area contributed by atoms with Gasteiger partial charge in [0, 0.05) is 51.5 Å². The summed E-state index contributed by atoms with van der Waals surface area (Å²) in [6.45, 7) is 4.59. The average molecular weight is 931 g/mol. The molecule has 0 bridgehead atoms. The first-order valence-electron chi connectivity index (χ1n) is 18.9. The molecule has 4 aromatic carbocycles. The van der Waals surface area contributed by atoms with Gasteiger partial charge in [-0.2, -0.15) is 0 Å². The van der Waals surface area contributed by atoms with E-state index < -0.39 is 12.7 Å². The Kier molecular flexibility index (Phi) is 12.6. The number of carbonyl (C=O) groups is 2. The highest BCUT2D eigenvalue weighted by molar-refractivity contribution is 7.22. The zero-order valence-corrected chi connectivity index (χ0v) is 36.0. The minimum atomic E-state index is -4.76. The van der Waals surface area contributed by atoms with Gasteiger partial charge in [0.15, 0.2) is 10.3 Å². The Morgan fingerprint density at radius 2 is 0.984 bits per heavy atom. The van der Waals surface area contributed by atoms with E-state index in [1.807, 2.05) is 13.8 Å². The van der Waals surface area contributed by atoms with Crippen molar-refractivity contribution >= 4 is 99.1 Å². The maximum absolute atomic E-state index is 12.5. The number of alkyl halides is 6. The van der Waals surface area contributed by atoms with Crippen molar-refractivity contribution in [2.24, 2.45) is 14.1 Å². The summed E-state index contributed by atoms with van der Waals surface area (Å²) in [7, 11) is 6.53. The molecule has 4 aromatic heterocycles. The summed E-state index contributed by atoms with van der Waals surface area (Å²) in [5.41, 5.74) is 4.35. The van der Waals surface area contributed by atoms with Crippen LogP contribution < -0.4 is 40.2 Å². The number of rotatable bonds is 12. The molecule has 0 aliphatic rings. The first kappa shape index (κ1) is 45.0. The molecule has 0 radical (unpaired) electrons. The number of hydrogen-bond donors (Lipinski definition) is 4. The SMILES string of the molecule is CCNC(=O)c1cc2nc(Nc3nc4ccc(OC(F)(F)F)cc4s3)n(C)c2cc1OC.CCNC(=O)c1cc2nc(Nc3nc4ccc(OC(F)(F)F)cc4s3)n(C)c2cc1OC. The van der Waals surface area contributed by atoms with E-state index in [-0.39, 0.29) is 23.3 Å². The zero-order valence-electron chi connectivity index (χ0n) is 34.4. The summed E-state index contributed by atoms with van der Waals surface area (Å²) < 4.78 is 98.0. The number of methoxy groups -OCH3 is 2. The first-order valence-corrected chi connectivity index (χ1v) is 20.5. The second-order valence-corrected chi connectivity index (χ2v) is 15.5. The number of thiazole rings is 2. The number of anilines is 4. The molecule has 0 unspecified atom stereocenters. The number of halogens is 6. The number of fused-ring (bicyclic) bond motifs is 4. The number of amides is 2. The Morgan fingerprint density at radius 3 is 1.33 bits per heavy atom. The lowest BCUT2D eigenvalue weighted by Gasteiger charge is -2.09. The Bertz CT molecular complexity index is 2830. The van der Waals surface area contributed by atoms with Gasteiger partial charge < -0.3 is 49.3 Å². The van der Waals surface area contributed by atoms with E-state index in [1.165, 1.54) is 50.6 Å². The predicted octanol–water partition coefficient (Wildman–Crippen LogP) is 9.17. The van der Waals surface area contributed by atoms with Crippen molar-refractivity contribution in [2.45, 2.75) is 26.6 Å². The van der Waals surface area contributed by atoms with Gasteiger partial charge in [-0.3, -0.25) is 9.59 Å². The summed E-state index contributed by atoms with van der Waals surface area (Å²) in [5, 5.41) is 12.5. The van der Waals surface area contributed by atoms with Gasteiger partial charge in [0.25, 0.3) is 11.8 Å². The number of hydrogen-bond acceptors (Lipinski definition) is 14. The number of nitrogens with zero attached hydrogens (tertiary/aromatic N) is 6. The maximum Gasteiger partial charge on any atom is 0.573 e. The van der Waals surface area contributed by atoms with Crippen LogP contribution in [0.15, 0.2) is 60.7 Å². The van der Waals surface area contributed by atoms with Crippen LogP contribution in [0.3, 0.4) is 0 Å². The van der Waals surface area contributed by atoms with Gasteiger partial charge in [-0.1, -0.05) is 22.7 Å². The van der Waals surface area contributed by atoms with Crippen LogP contribution in [0.25, 0.3) is 42.5 Å². The van der Waals surface area contributed by atoms with Crippen molar-refractivity contribution in [3.8, 4) is 23.0 Å². The molecule has 0 aliphatic carbocycles. The number of nitrogens with one attached hydrogen (secondary N) is 4. The number of ether oxygens (including phenoxy) is 4. The molecular formula is C40H36F6N10O6S2. The normalized spacial score (nSPS) is 11.7. The number of carbonyl (C=O) groups excluding carboxylic acids is 2. The molecule has 2 amide bonds. The molecule has 16 nitrogen and oxygen atoms in total. The Hall–Kier alpha value is -7.08. The van der Waals surface area contributed by atoms with Crippen LogP contribution in [0.1, 0.15) is 34.6 Å². The largest absolute Gasteiger partial charge is 0.573 e. The highest BCUT2D eigenvalue weighted by Crippen LogP contribution is 2.36. The van der Waals surface area contributed by atoms with Crippen molar-refractivity contribution in [3.05, 3.63) is 71.8 Å². The Labute approximate surface area is 366 Å². The van der Waals surface area contributed by atoms with Gasteiger partial charge in [-0.25, -0.2) is 19.9 Å². The van der Waals surface area contributed by atoms with E-state index in [0.717, 1.165) is 33.7 Å². The Morgan fingerprint density at radius 1 is 0.594 bits per heavy atom. The lowest BCUT2D eigenvalue weighted by atomic mass is 10.1. The van der Waals surface area contributed by atoms with Crippen LogP contribution in [0, 0.1) is 0 Å². The van der Waals surface area contributed by atoms with Crippen molar-refractivity contribution in [2.75, 3.05) is 37.9 Å². The summed E-state index contributed by atoms with van der Waals surface area (Å²) in [5.74, 6) is 0.553. The Balaban J connectivity index is 0.000000191. The molecule has 8 aromatic rings. The highest BCUT2D eigenvalue weighted by atomic mass is 32.1. The van der Waals surface area contributed by atoms with E-state index in [0.29, 0.717) is 89.3 Å². The van der Waals surface area contributed by atoms with Crippen molar-refractivity contribution in [1.82, 2.24) is 39.7 Å². The monoisotopic (exact) mass is 930 g/mol. The summed E-state index contributed by atoms with van der Waals surface area (Å²) >= 11 is 2.32. The smallest absolute Gasteiger partial charge is 0.496 e. The summed E-state index contributed by atoms with van der Waals surface area (Å²) in [4.78, 5) is 42.5. The van der Waals surface area contributed by atoms with Crippen LogP contribution in [0.4, 0.5) is 48.5 Å². The lowest BCUT2D eigenvalue weighted by Crippen LogP contribution is -2.23. The van der Waals surface area contributed by atoms with E-state index >= 15 is 0 Å². The van der Waals surface area contributed by atoms with E-state index in [9.17, 15) is 35.9 Å². The molecule has 0 aliphatic heterocycles. The number of imidazole rings is 2. The maximum atomic E-state index is 12.5. The van der Waals surface area contributed by atoms with E-state index in [2.05, 4.69) is 50.7 Å². The standard InChI is InChI=1S/2C20H18F3N5O3S/c2*1-4-24-17(29)11-8-13-14(9-15(11)30-3)28(2)18(25-13)27-19-26-12-6-5-10(7-16(12)32-19)31-20(21,22)23/h2*5-9H,4H2,1-3H3,(H,24,29)(H,25,26,27). The van der Waals surface area contributed by atoms with Gasteiger partial charge in [0.1, 0.15) is 23.0 Å². The van der Waals surface area contributed by atoms with Crippen LogP contribution in [-0.2, 0) is 14.1 Å². The van der Waals surface area contributed by atoms with Gasteiger partial charge in [-0.15, -0.1) is 26.3 Å². The van der Waals surface area contributed by atoms with Gasteiger partial charge in [0.05, 0.1) is 67.8 Å². The minimum Gasteiger partial charge on any atom is -0.496 e. The molecule has 0 spiro atoms. The highest BCUT2D eigenvalue weighted by Gasteiger charge is 2.32. The third-order valence-electron chi connectivity index (χ3n) is 9.19. The van der Waals surface area contributed by atoms with Crippen molar-refractivity contribution in [1.29, 1.82) is 0 Å². The van der Waals surface area contributed by atoms with Crippen molar-refractivity contribution in [3.63, 3.8) is 0 Å². The third-order valence-corrected chi connectivity index (χ3v) is 11.1. The quantitative estimate of drug-likeness (QED) is 0.0855. The fraction of sp³-hybridized carbons (Fsp3) is 0.250. The molecule has 64 heavy (non-hydrogen) atoms. The predicted molar refractivity (Wildman–Crippen MR) is 230 cm³/mol. The zero-order chi connectivity index (χ0) is 46.1. The summed E-state index contributed by atoms with van der Waals surface area (Å²) in [6.07, 6.45) is -9.53. The molecule has 4 heterocycles. The fourth-order valence-corrected chi connectivity index (χ4v) is 8.14. The average Bonchev–Trinajstić information content (AvgIpc) is 3.98. The van der Waals surface area contributed by atoms with Crippen molar-refractivity contribution < 1.29 is 54.9 Å². The number of benzene rings is 4. The fourth-order valence-electron chi connectivity index (χ4n) is 6.37. The van der Waals surface area contributed by atoms with E-state index in [4.69, 9.17) is 9.47 Å².